The van der Waals surface area contributed by atoms with Gasteiger partial charge >= 0.3 is 5.97 Å². The van der Waals surface area contributed by atoms with Gasteiger partial charge in [0.1, 0.15) is 11.4 Å². The zero-order valence-corrected chi connectivity index (χ0v) is 20.4. The predicted octanol–water partition coefficient (Wildman–Crippen LogP) is 6.99. The maximum absolute atomic E-state index is 11.6. The van der Waals surface area contributed by atoms with Crippen molar-refractivity contribution in [1.82, 2.24) is 4.98 Å². The molecule has 0 radical (unpaired) electrons. The highest BCUT2D eigenvalue weighted by atomic mass is 16.6. The fraction of sp³-hybridized carbons (Fsp3) is 0.226. The third kappa shape index (κ3) is 5.41. The SMILES string of the molecule is CCOC(=O)COc1cccc(C[C@@H]2CCC=C2c2nc(-c3ccccc3)c(-c3ccccc3)o2)c1. The number of oxazole rings is 1. The summed E-state index contributed by atoms with van der Waals surface area (Å²) in [4.78, 5) is 16.6. The zero-order valence-electron chi connectivity index (χ0n) is 20.4. The number of benzene rings is 3. The molecule has 0 bridgehead atoms. The largest absolute Gasteiger partial charge is 0.482 e. The van der Waals surface area contributed by atoms with Crippen LogP contribution in [0.3, 0.4) is 0 Å². The van der Waals surface area contributed by atoms with Crippen LogP contribution in [0, 0.1) is 5.92 Å². The van der Waals surface area contributed by atoms with Gasteiger partial charge in [-0.2, -0.15) is 0 Å². The van der Waals surface area contributed by atoms with E-state index in [4.69, 9.17) is 18.9 Å². The van der Waals surface area contributed by atoms with Gasteiger partial charge in [0, 0.05) is 16.7 Å². The molecule has 1 atom stereocenters. The molecule has 1 aliphatic rings. The Kier molecular flexibility index (Phi) is 7.27. The summed E-state index contributed by atoms with van der Waals surface area (Å²) in [6.07, 6.45) is 5.11. The molecule has 0 spiro atoms. The third-order valence-electron chi connectivity index (χ3n) is 6.32. The van der Waals surface area contributed by atoms with Crippen molar-refractivity contribution in [1.29, 1.82) is 0 Å². The molecule has 0 N–H and O–H groups in total. The molecule has 0 aliphatic heterocycles. The fourth-order valence-corrected chi connectivity index (χ4v) is 4.65. The smallest absolute Gasteiger partial charge is 0.344 e. The first kappa shape index (κ1) is 23.6. The monoisotopic (exact) mass is 479 g/mol. The van der Waals surface area contributed by atoms with Gasteiger partial charge in [0.05, 0.1) is 6.61 Å². The number of nitrogens with zero attached hydrogens (tertiary/aromatic N) is 1. The number of carbonyl (C=O) groups is 1. The van der Waals surface area contributed by atoms with E-state index < -0.39 is 0 Å². The van der Waals surface area contributed by atoms with E-state index >= 15 is 0 Å². The van der Waals surface area contributed by atoms with Crippen LogP contribution in [0.2, 0.25) is 0 Å². The average Bonchev–Trinajstić information content (AvgIpc) is 3.56. The normalized spacial score (nSPS) is 14.9. The van der Waals surface area contributed by atoms with Gasteiger partial charge in [-0.05, 0) is 49.8 Å². The summed E-state index contributed by atoms with van der Waals surface area (Å²) in [6.45, 7) is 2.04. The van der Waals surface area contributed by atoms with Crippen LogP contribution >= 0.6 is 0 Å². The minimum absolute atomic E-state index is 0.0906. The van der Waals surface area contributed by atoms with Crippen molar-refractivity contribution in [2.24, 2.45) is 5.92 Å². The molecular weight excluding hydrogens is 450 g/mol. The van der Waals surface area contributed by atoms with E-state index in [1.165, 1.54) is 0 Å². The minimum Gasteiger partial charge on any atom is -0.482 e. The summed E-state index contributed by atoms with van der Waals surface area (Å²) in [5.74, 6) is 2.06. The van der Waals surface area contributed by atoms with E-state index in [0.717, 1.165) is 53.0 Å². The lowest BCUT2D eigenvalue weighted by molar-refractivity contribution is -0.145. The molecule has 1 heterocycles. The van der Waals surface area contributed by atoms with E-state index in [1.807, 2.05) is 54.6 Å². The van der Waals surface area contributed by atoms with E-state index in [0.29, 0.717) is 18.2 Å². The van der Waals surface area contributed by atoms with Gasteiger partial charge in [0.25, 0.3) is 0 Å². The van der Waals surface area contributed by atoms with E-state index in [9.17, 15) is 4.79 Å². The van der Waals surface area contributed by atoms with E-state index in [2.05, 4.69) is 36.4 Å². The molecule has 36 heavy (non-hydrogen) atoms. The quantitative estimate of drug-likeness (QED) is 0.242. The minimum atomic E-state index is -0.365. The molecule has 0 fully saturated rings. The summed E-state index contributed by atoms with van der Waals surface area (Å²) in [7, 11) is 0. The Morgan fingerprint density at radius 3 is 2.47 bits per heavy atom. The number of carbonyl (C=O) groups excluding carboxylic acids is 1. The average molecular weight is 480 g/mol. The molecule has 3 aromatic carbocycles. The van der Waals surface area contributed by atoms with Gasteiger partial charge in [0.15, 0.2) is 12.4 Å². The molecule has 5 rings (SSSR count). The Bertz CT molecular complexity index is 1280. The van der Waals surface area contributed by atoms with Gasteiger partial charge in [-0.25, -0.2) is 9.78 Å². The van der Waals surface area contributed by atoms with Gasteiger partial charge < -0.3 is 13.9 Å². The number of rotatable bonds is 9. The molecular formula is C31H29NO4. The number of hydrogen-bond acceptors (Lipinski definition) is 5. The molecule has 0 saturated heterocycles. The Hall–Kier alpha value is -4.12. The molecule has 0 saturated carbocycles. The van der Waals surface area contributed by atoms with Crippen molar-refractivity contribution >= 4 is 11.5 Å². The number of hydrogen-bond donors (Lipinski definition) is 0. The first-order valence-electron chi connectivity index (χ1n) is 12.4. The molecule has 0 unspecified atom stereocenters. The van der Waals surface area contributed by atoms with Crippen LogP contribution in [-0.4, -0.2) is 24.2 Å². The third-order valence-corrected chi connectivity index (χ3v) is 6.32. The lowest BCUT2D eigenvalue weighted by Crippen LogP contribution is -2.14. The number of allylic oxidation sites excluding steroid dienone is 2. The van der Waals surface area contributed by atoms with Crippen molar-refractivity contribution in [3.05, 3.63) is 102 Å². The highest BCUT2D eigenvalue weighted by Crippen LogP contribution is 2.40. The molecule has 182 valence electrons. The molecule has 5 nitrogen and oxygen atoms in total. The maximum Gasteiger partial charge on any atom is 0.344 e. The Morgan fingerprint density at radius 2 is 1.72 bits per heavy atom. The van der Waals surface area contributed by atoms with Gasteiger partial charge in [-0.3, -0.25) is 0 Å². The van der Waals surface area contributed by atoms with Gasteiger partial charge in [0.2, 0.25) is 5.89 Å². The van der Waals surface area contributed by atoms with Crippen molar-refractivity contribution < 1.29 is 18.7 Å². The Balaban J connectivity index is 1.39. The maximum atomic E-state index is 11.6. The van der Waals surface area contributed by atoms with Crippen LogP contribution < -0.4 is 4.74 Å². The summed E-state index contributed by atoms with van der Waals surface area (Å²) in [6, 6.07) is 28.2. The van der Waals surface area contributed by atoms with Crippen LogP contribution in [0.4, 0.5) is 0 Å². The fourth-order valence-electron chi connectivity index (χ4n) is 4.65. The zero-order chi connectivity index (χ0) is 24.7. The number of aromatic nitrogens is 1. The van der Waals surface area contributed by atoms with Crippen LogP contribution in [0.15, 0.2) is 95.4 Å². The van der Waals surface area contributed by atoms with Crippen molar-refractivity contribution in [2.75, 3.05) is 13.2 Å². The van der Waals surface area contributed by atoms with Crippen molar-refractivity contribution in [2.45, 2.75) is 26.2 Å². The second-order valence-corrected chi connectivity index (χ2v) is 8.81. The van der Waals surface area contributed by atoms with E-state index in [-0.39, 0.29) is 18.5 Å². The van der Waals surface area contributed by atoms with Crippen molar-refractivity contribution in [3.63, 3.8) is 0 Å². The summed E-state index contributed by atoms with van der Waals surface area (Å²) in [5.41, 5.74) is 5.20. The first-order chi connectivity index (χ1) is 17.7. The standard InChI is InChI=1S/C31H29NO4/c1-2-34-28(33)21-35-26-17-9-11-22(20-26)19-25-16-10-18-27(25)31-32-29(23-12-5-3-6-13-23)30(36-31)24-14-7-4-8-15-24/h3-9,11-15,17-18,20,25H,2,10,16,19,21H2,1H3/t25-/m0/s1. The predicted molar refractivity (Wildman–Crippen MR) is 140 cm³/mol. The summed E-state index contributed by atoms with van der Waals surface area (Å²) >= 11 is 0. The summed E-state index contributed by atoms with van der Waals surface area (Å²) < 4.78 is 17.0. The molecule has 0 amide bonds. The van der Waals surface area contributed by atoms with Crippen molar-refractivity contribution in [3.8, 4) is 28.3 Å². The second kappa shape index (κ2) is 11.1. The highest BCUT2D eigenvalue weighted by Gasteiger charge is 2.27. The Morgan fingerprint density at radius 1 is 0.972 bits per heavy atom. The van der Waals surface area contributed by atoms with Gasteiger partial charge in [-0.15, -0.1) is 0 Å². The topological polar surface area (TPSA) is 61.6 Å². The highest BCUT2D eigenvalue weighted by molar-refractivity contribution is 5.79. The van der Waals surface area contributed by atoms with Crippen LogP contribution in [0.1, 0.15) is 31.2 Å². The van der Waals surface area contributed by atoms with Crippen LogP contribution in [0.25, 0.3) is 28.2 Å². The number of esters is 1. The molecule has 1 aliphatic carbocycles. The van der Waals surface area contributed by atoms with E-state index in [1.54, 1.807) is 6.92 Å². The molecule has 1 aromatic heterocycles. The van der Waals surface area contributed by atoms with Gasteiger partial charge in [-0.1, -0.05) is 78.9 Å². The van der Waals surface area contributed by atoms with Crippen LogP contribution in [-0.2, 0) is 16.0 Å². The number of ether oxygens (including phenoxy) is 2. The van der Waals surface area contributed by atoms with Crippen LogP contribution in [0.5, 0.6) is 5.75 Å². The lowest BCUT2D eigenvalue weighted by Gasteiger charge is -2.14. The second-order valence-electron chi connectivity index (χ2n) is 8.81. The lowest BCUT2D eigenvalue weighted by atomic mass is 9.93. The summed E-state index contributed by atoms with van der Waals surface area (Å²) in [5, 5.41) is 0. The Labute approximate surface area is 211 Å². The molecule has 4 aromatic rings. The first-order valence-corrected chi connectivity index (χ1v) is 12.4. The molecule has 5 heteroatoms.